The van der Waals surface area contributed by atoms with Crippen molar-refractivity contribution < 1.29 is 26.3 Å². The van der Waals surface area contributed by atoms with Gasteiger partial charge in [0.2, 0.25) is 0 Å². The Kier molecular flexibility index (Phi) is 7.82. The number of hydrogen-bond acceptors (Lipinski definition) is 7. The van der Waals surface area contributed by atoms with Crippen LogP contribution < -0.4 is 15.8 Å². The van der Waals surface area contributed by atoms with Gasteiger partial charge in [-0.05, 0) is 69.2 Å². The van der Waals surface area contributed by atoms with E-state index in [-0.39, 0.29) is 29.0 Å². The molecule has 2 aliphatic rings. The van der Waals surface area contributed by atoms with Crippen LogP contribution >= 0.6 is 0 Å². The number of halogens is 3. The average molecular weight is 615 g/mol. The molecular weight excluding hydrogens is 581 g/mol. The third-order valence-electron chi connectivity index (χ3n) is 8.23. The number of aromatic nitrogens is 3. The van der Waals surface area contributed by atoms with E-state index >= 15 is 8.78 Å². The molecule has 2 aromatic carbocycles. The van der Waals surface area contributed by atoms with E-state index in [2.05, 4.69) is 15.4 Å². The van der Waals surface area contributed by atoms with E-state index in [1.54, 1.807) is 10.9 Å². The van der Waals surface area contributed by atoms with Gasteiger partial charge in [0, 0.05) is 29.9 Å². The Bertz CT molecular complexity index is 1780. The Balaban J connectivity index is 1.36. The number of nitrogens with two attached hydrogens (primary N) is 1. The SMILES string of the molecule is CC(C)n1nc(-c2cc(F)c(NS(=O)(=O)c3ccccc3F)cc2F)c2c(N)ncc([C@H]3CC[C@H](NC4COC4)CC3)c21. The van der Waals surface area contributed by atoms with Crippen molar-refractivity contribution in [3.8, 4) is 11.3 Å². The number of rotatable bonds is 8. The van der Waals surface area contributed by atoms with Crippen LogP contribution in [-0.4, -0.2) is 48.5 Å². The molecule has 1 saturated heterocycles. The minimum absolute atomic E-state index is 0.107. The van der Waals surface area contributed by atoms with E-state index in [0.717, 1.165) is 74.2 Å². The van der Waals surface area contributed by atoms with Crippen molar-refractivity contribution in [2.24, 2.45) is 0 Å². The third kappa shape index (κ3) is 5.56. The van der Waals surface area contributed by atoms with Gasteiger partial charge in [-0.3, -0.25) is 9.40 Å². The molecule has 6 rings (SSSR count). The van der Waals surface area contributed by atoms with Crippen LogP contribution in [0.5, 0.6) is 0 Å². The fraction of sp³-hybridized carbons (Fsp3) is 0.400. The van der Waals surface area contributed by atoms with Crippen LogP contribution in [0.3, 0.4) is 0 Å². The lowest BCUT2D eigenvalue weighted by Gasteiger charge is -2.35. The molecule has 1 aliphatic heterocycles. The number of pyridine rings is 1. The molecule has 9 nitrogen and oxygen atoms in total. The number of ether oxygens (including phenoxy) is 1. The van der Waals surface area contributed by atoms with Crippen LogP contribution in [0.25, 0.3) is 22.2 Å². The second-order valence-corrected chi connectivity index (χ2v) is 13.2. The summed E-state index contributed by atoms with van der Waals surface area (Å²) in [5.41, 5.74) is 7.28. The molecule has 43 heavy (non-hydrogen) atoms. The summed E-state index contributed by atoms with van der Waals surface area (Å²) < 4.78 is 79.6. The van der Waals surface area contributed by atoms with Crippen molar-refractivity contribution in [2.75, 3.05) is 23.7 Å². The Labute approximate surface area is 247 Å². The van der Waals surface area contributed by atoms with Gasteiger partial charge in [0.15, 0.2) is 0 Å². The van der Waals surface area contributed by atoms with E-state index in [4.69, 9.17) is 10.5 Å². The molecule has 228 valence electrons. The highest BCUT2D eigenvalue weighted by Crippen LogP contribution is 2.42. The van der Waals surface area contributed by atoms with E-state index in [1.807, 2.05) is 18.6 Å². The summed E-state index contributed by atoms with van der Waals surface area (Å²) in [4.78, 5) is 3.75. The Morgan fingerprint density at radius 1 is 1.00 bits per heavy atom. The number of nitrogen functional groups attached to an aromatic ring is 1. The molecule has 0 amide bonds. The van der Waals surface area contributed by atoms with Crippen molar-refractivity contribution >= 4 is 32.4 Å². The average Bonchev–Trinajstić information content (AvgIpc) is 3.35. The van der Waals surface area contributed by atoms with Gasteiger partial charge in [-0.15, -0.1) is 0 Å². The first-order valence-corrected chi connectivity index (χ1v) is 15.8. The number of nitrogens with zero attached hydrogens (tertiary/aromatic N) is 3. The monoisotopic (exact) mass is 614 g/mol. The normalized spacial score (nSPS) is 19.6. The molecule has 4 aromatic rings. The molecule has 3 heterocycles. The number of nitrogens with one attached hydrogen (secondary N) is 2. The standard InChI is InChI=1S/C30H33F3N6O3S/c1-16(2)39-29-21(17-7-9-18(10-8-17)36-19-14-42-15-19)13-35-30(34)27(29)28(37-39)20-11-24(33)25(12-23(20)32)38-43(40,41)26-6-4-3-5-22(26)31/h3-6,11-13,16-19,36,38H,7-10,14-15H2,1-2H3,(H2,34,35)/t17-,18-. The topological polar surface area (TPSA) is 124 Å². The van der Waals surface area contributed by atoms with Gasteiger partial charge in [-0.2, -0.15) is 5.10 Å². The largest absolute Gasteiger partial charge is 0.383 e. The molecule has 0 atom stereocenters. The van der Waals surface area contributed by atoms with Gasteiger partial charge >= 0.3 is 0 Å². The van der Waals surface area contributed by atoms with Crippen LogP contribution in [0, 0.1) is 17.5 Å². The maximum Gasteiger partial charge on any atom is 0.264 e. The van der Waals surface area contributed by atoms with Crippen molar-refractivity contribution in [3.05, 3.63) is 65.6 Å². The van der Waals surface area contributed by atoms with Gasteiger partial charge in [0.25, 0.3) is 10.0 Å². The lowest BCUT2D eigenvalue weighted by molar-refractivity contribution is -0.0121. The van der Waals surface area contributed by atoms with E-state index in [9.17, 15) is 12.8 Å². The second-order valence-electron chi connectivity index (χ2n) is 11.5. The third-order valence-corrected chi connectivity index (χ3v) is 9.63. The van der Waals surface area contributed by atoms with Gasteiger partial charge < -0.3 is 15.8 Å². The molecule has 1 saturated carbocycles. The van der Waals surface area contributed by atoms with Crippen molar-refractivity contribution in [1.29, 1.82) is 0 Å². The number of fused-ring (bicyclic) bond motifs is 1. The summed E-state index contributed by atoms with van der Waals surface area (Å²) >= 11 is 0. The fourth-order valence-corrected chi connectivity index (χ4v) is 7.12. The highest BCUT2D eigenvalue weighted by molar-refractivity contribution is 7.92. The predicted octanol–water partition coefficient (Wildman–Crippen LogP) is 5.49. The molecule has 2 aromatic heterocycles. The van der Waals surface area contributed by atoms with Crippen LogP contribution in [0.15, 0.2) is 47.5 Å². The maximum atomic E-state index is 15.7. The smallest absolute Gasteiger partial charge is 0.264 e. The lowest BCUT2D eigenvalue weighted by Crippen LogP contribution is -2.51. The Morgan fingerprint density at radius 3 is 2.37 bits per heavy atom. The van der Waals surface area contributed by atoms with E-state index in [0.29, 0.717) is 17.5 Å². The molecule has 0 unspecified atom stereocenters. The summed E-state index contributed by atoms with van der Waals surface area (Å²) in [7, 11) is -4.53. The van der Waals surface area contributed by atoms with Crippen molar-refractivity contribution in [2.45, 2.75) is 68.5 Å². The number of anilines is 2. The molecular formula is C30H33F3N6O3S. The molecule has 2 fully saturated rings. The first-order chi connectivity index (χ1) is 20.5. The van der Waals surface area contributed by atoms with E-state index < -0.39 is 38.1 Å². The minimum Gasteiger partial charge on any atom is -0.383 e. The Morgan fingerprint density at radius 2 is 1.72 bits per heavy atom. The van der Waals surface area contributed by atoms with Gasteiger partial charge in [0.05, 0.1) is 35.8 Å². The highest BCUT2D eigenvalue weighted by atomic mass is 32.2. The van der Waals surface area contributed by atoms with Gasteiger partial charge in [-0.25, -0.2) is 26.6 Å². The van der Waals surface area contributed by atoms with Gasteiger partial charge in [-0.1, -0.05) is 12.1 Å². The molecule has 0 bridgehead atoms. The van der Waals surface area contributed by atoms with E-state index in [1.165, 1.54) is 12.1 Å². The van der Waals surface area contributed by atoms with Crippen LogP contribution in [-0.2, 0) is 14.8 Å². The van der Waals surface area contributed by atoms with Crippen molar-refractivity contribution in [1.82, 2.24) is 20.1 Å². The number of sulfonamides is 1. The fourth-order valence-electron chi connectivity index (χ4n) is 5.98. The first-order valence-electron chi connectivity index (χ1n) is 14.3. The van der Waals surface area contributed by atoms with Crippen LogP contribution in [0.4, 0.5) is 24.7 Å². The van der Waals surface area contributed by atoms with Crippen molar-refractivity contribution in [3.63, 3.8) is 0 Å². The van der Waals surface area contributed by atoms with Gasteiger partial charge in [0.1, 0.15) is 33.9 Å². The summed E-state index contributed by atoms with van der Waals surface area (Å²) in [5, 5.41) is 8.76. The maximum absolute atomic E-state index is 15.7. The molecule has 0 radical (unpaired) electrons. The Hall–Kier alpha value is -3.68. The molecule has 1 aliphatic carbocycles. The zero-order chi connectivity index (χ0) is 30.5. The number of benzene rings is 2. The number of hydrogen-bond donors (Lipinski definition) is 3. The molecule has 4 N–H and O–H groups in total. The highest BCUT2D eigenvalue weighted by Gasteiger charge is 2.31. The summed E-state index contributed by atoms with van der Waals surface area (Å²) in [6.45, 7) is 5.37. The zero-order valence-corrected chi connectivity index (χ0v) is 24.6. The summed E-state index contributed by atoms with van der Waals surface area (Å²) in [6.07, 6.45) is 5.58. The minimum atomic E-state index is -4.53. The first kappa shape index (κ1) is 29.4. The second kappa shape index (κ2) is 11.4. The predicted molar refractivity (Wildman–Crippen MR) is 158 cm³/mol. The summed E-state index contributed by atoms with van der Waals surface area (Å²) in [5.74, 6) is -2.70. The zero-order valence-electron chi connectivity index (χ0n) is 23.8. The molecule has 13 heteroatoms. The quantitative estimate of drug-likeness (QED) is 0.240. The van der Waals surface area contributed by atoms with Crippen LogP contribution in [0.1, 0.15) is 57.1 Å². The summed E-state index contributed by atoms with van der Waals surface area (Å²) in [6, 6.07) is 6.93. The van der Waals surface area contributed by atoms with Crippen LogP contribution in [0.2, 0.25) is 0 Å². The molecule has 0 spiro atoms. The lowest BCUT2D eigenvalue weighted by atomic mass is 9.81.